The van der Waals surface area contributed by atoms with Crippen LogP contribution in [-0.2, 0) is 0 Å². The first-order valence-corrected chi connectivity index (χ1v) is 5.34. The summed E-state index contributed by atoms with van der Waals surface area (Å²) in [6, 6.07) is 2.28. The molecule has 0 aromatic heterocycles. The molecule has 0 heterocycles. The van der Waals surface area contributed by atoms with Crippen LogP contribution in [0.4, 0.5) is 10.1 Å². The van der Waals surface area contributed by atoms with Crippen molar-refractivity contribution >= 4 is 18.1 Å². The minimum absolute atomic E-state index is 0. The van der Waals surface area contributed by atoms with E-state index in [2.05, 4.69) is 0 Å². The topological polar surface area (TPSA) is 89.4 Å². The number of benzene rings is 1. The normalized spacial score (nSPS) is 13.6. The number of aliphatic hydroxyl groups is 1. The van der Waals surface area contributed by atoms with Crippen LogP contribution in [0.2, 0.25) is 0 Å². The third-order valence-corrected chi connectivity index (χ3v) is 2.55. The molecule has 3 N–H and O–H groups in total. The molecule has 0 aliphatic rings. The summed E-state index contributed by atoms with van der Waals surface area (Å²) in [7, 11) is 0. The van der Waals surface area contributed by atoms with Gasteiger partial charge in [-0.2, -0.15) is 0 Å². The van der Waals surface area contributed by atoms with Crippen molar-refractivity contribution in [3.05, 3.63) is 39.7 Å². The van der Waals surface area contributed by atoms with Crippen LogP contribution in [0.15, 0.2) is 18.2 Å². The number of nitro groups is 1. The lowest BCUT2D eigenvalue weighted by atomic mass is 9.97. The van der Waals surface area contributed by atoms with Gasteiger partial charge in [0.25, 0.3) is 5.69 Å². The van der Waals surface area contributed by atoms with Crippen LogP contribution in [0.3, 0.4) is 0 Å². The van der Waals surface area contributed by atoms with Gasteiger partial charge in [0.05, 0.1) is 23.1 Å². The molecule has 0 amide bonds. The maximum absolute atomic E-state index is 12.9. The zero-order valence-corrected chi connectivity index (χ0v) is 10.7. The predicted molar refractivity (Wildman–Crippen MR) is 68.1 cm³/mol. The Morgan fingerprint density at radius 2 is 2.17 bits per heavy atom. The van der Waals surface area contributed by atoms with Crippen LogP contribution in [0.25, 0.3) is 0 Å². The number of aliphatic hydroxyl groups excluding tert-OH is 1. The first kappa shape index (κ1) is 16.8. The van der Waals surface area contributed by atoms with Gasteiger partial charge in [0, 0.05) is 5.56 Å². The fourth-order valence-corrected chi connectivity index (χ4v) is 1.64. The van der Waals surface area contributed by atoms with E-state index in [4.69, 9.17) is 5.73 Å². The average molecular weight is 279 g/mol. The molecule has 18 heavy (non-hydrogen) atoms. The molecule has 0 spiro atoms. The Morgan fingerprint density at radius 1 is 1.56 bits per heavy atom. The molecule has 0 saturated carbocycles. The molecule has 2 atom stereocenters. The van der Waals surface area contributed by atoms with Crippen molar-refractivity contribution in [3.8, 4) is 0 Å². The Balaban J connectivity index is 0.00000289. The van der Waals surface area contributed by atoms with Crippen LogP contribution < -0.4 is 5.73 Å². The second-order valence-electron chi connectivity index (χ2n) is 3.84. The first-order valence-electron chi connectivity index (χ1n) is 5.34. The van der Waals surface area contributed by atoms with E-state index in [0.29, 0.717) is 12.8 Å². The molecule has 0 aliphatic carbocycles. The smallest absolute Gasteiger partial charge is 0.277 e. The maximum Gasteiger partial charge on any atom is 0.277 e. The van der Waals surface area contributed by atoms with E-state index in [9.17, 15) is 19.6 Å². The lowest BCUT2D eigenvalue weighted by Gasteiger charge is -2.18. The Morgan fingerprint density at radius 3 is 2.67 bits per heavy atom. The molecule has 1 aromatic carbocycles. The lowest BCUT2D eigenvalue weighted by Crippen LogP contribution is -2.26. The van der Waals surface area contributed by atoms with Crippen LogP contribution in [0.1, 0.15) is 31.4 Å². The van der Waals surface area contributed by atoms with Crippen LogP contribution in [-0.4, -0.2) is 16.1 Å². The highest BCUT2D eigenvalue weighted by Gasteiger charge is 2.24. The van der Waals surface area contributed by atoms with E-state index < -0.39 is 28.6 Å². The minimum atomic E-state index is -0.879. The quantitative estimate of drug-likeness (QED) is 0.639. The number of nitrogens with zero attached hydrogens (tertiary/aromatic N) is 1. The Bertz CT molecular complexity index is 417. The van der Waals surface area contributed by atoms with E-state index >= 15 is 0 Å². The maximum atomic E-state index is 12.9. The second-order valence-corrected chi connectivity index (χ2v) is 3.84. The minimum Gasteiger partial charge on any atom is -0.391 e. The summed E-state index contributed by atoms with van der Waals surface area (Å²) in [6.07, 6.45) is 0.281. The van der Waals surface area contributed by atoms with Crippen molar-refractivity contribution in [3.63, 3.8) is 0 Å². The molecule has 1 aromatic rings. The summed E-state index contributed by atoms with van der Waals surface area (Å²) in [5, 5.41) is 20.5. The van der Waals surface area contributed by atoms with Crippen LogP contribution >= 0.6 is 12.4 Å². The van der Waals surface area contributed by atoms with Gasteiger partial charge in [-0.3, -0.25) is 10.1 Å². The van der Waals surface area contributed by atoms with E-state index in [1.807, 2.05) is 6.92 Å². The zero-order chi connectivity index (χ0) is 13.0. The monoisotopic (exact) mass is 278 g/mol. The van der Waals surface area contributed by atoms with Crippen molar-refractivity contribution in [1.82, 2.24) is 0 Å². The molecule has 0 radical (unpaired) electrons. The van der Waals surface area contributed by atoms with Crippen molar-refractivity contribution < 1.29 is 14.4 Å². The van der Waals surface area contributed by atoms with Crippen molar-refractivity contribution in [1.29, 1.82) is 0 Å². The zero-order valence-electron chi connectivity index (χ0n) is 9.88. The summed E-state index contributed by atoms with van der Waals surface area (Å²) >= 11 is 0. The summed E-state index contributed by atoms with van der Waals surface area (Å²) in [5.41, 5.74) is 5.49. The second kappa shape index (κ2) is 7.25. The third-order valence-electron chi connectivity index (χ3n) is 2.55. The average Bonchev–Trinajstić information content (AvgIpc) is 2.28. The fourth-order valence-electron chi connectivity index (χ4n) is 1.64. The van der Waals surface area contributed by atoms with Crippen molar-refractivity contribution in [2.24, 2.45) is 5.73 Å². The molecule has 0 unspecified atom stereocenters. The standard InChI is InChI=1S/C11H15FN2O3.ClH/c1-2-3-10(15)11(13)8-5-4-7(12)6-9(8)14(16)17;/h4-6,10-11,15H,2-3,13H2,1H3;1H/t10-,11+;/m1./s1. The van der Waals surface area contributed by atoms with Crippen LogP contribution in [0.5, 0.6) is 0 Å². The number of hydrogen-bond acceptors (Lipinski definition) is 4. The van der Waals surface area contributed by atoms with Gasteiger partial charge in [0.2, 0.25) is 0 Å². The van der Waals surface area contributed by atoms with Crippen molar-refractivity contribution in [2.45, 2.75) is 31.9 Å². The molecule has 7 heteroatoms. The fraction of sp³-hybridized carbons (Fsp3) is 0.455. The molecule has 0 aliphatic heterocycles. The molecule has 0 bridgehead atoms. The van der Waals surface area contributed by atoms with Gasteiger partial charge in [-0.25, -0.2) is 4.39 Å². The molecular formula is C11H16ClFN2O3. The van der Waals surface area contributed by atoms with E-state index in [0.717, 1.165) is 12.1 Å². The number of nitrogens with two attached hydrogens (primary N) is 1. The van der Waals surface area contributed by atoms with Gasteiger partial charge in [-0.15, -0.1) is 12.4 Å². The summed E-state index contributed by atoms with van der Waals surface area (Å²) in [5.74, 6) is -0.697. The predicted octanol–water partition coefficient (Wildman–Crippen LogP) is 2.32. The van der Waals surface area contributed by atoms with Gasteiger partial charge in [0.1, 0.15) is 5.82 Å². The summed E-state index contributed by atoms with van der Waals surface area (Å²) in [4.78, 5) is 10.1. The van der Waals surface area contributed by atoms with Crippen molar-refractivity contribution in [2.75, 3.05) is 0 Å². The number of rotatable bonds is 5. The van der Waals surface area contributed by atoms with Crippen LogP contribution in [0, 0.1) is 15.9 Å². The van der Waals surface area contributed by atoms with E-state index in [1.165, 1.54) is 6.07 Å². The number of halogens is 2. The molecule has 1 rings (SSSR count). The third kappa shape index (κ3) is 3.90. The molecule has 5 nitrogen and oxygen atoms in total. The Kier molecular flexibility index (Phi) is 6.75. The lowest BCUT2D eigenvalue weighted by molar-refractivity contribution is -0.386. The summed E-state index contributed by atoms with van der Waals surface area (Å²) < 4.78 is 12.9. The van der Waals surface area contributed by atoms with E-state index in [-0.39, 0.29) is 18.0 Å². The van der Waals surface area contributed by atoms with Gasteiger partial charge in [-0.05, 0) is 18.6 Å². The number of nitro benzene ring substituents is 1. The highest BCUT2D eigenvalue weighted by atomic mass is 35.5. The molecule has 0 saturated heterocycles. The Hall–Kier alpha value is -1.24. The van der Waals surface area contributed by atoms with Gasteiger partial charge >= 0.3 is 0 Å². The SMILES string of the molecule is CCC[C@@H](O)[C@@H](N)c1ccc(F)cc1[N+](=O)[O-].Cl. The molecular weight excluding hydrogens is 263 g/mol. The van der Waals surface area contributed by atoms with Gasteiger partial charge in [-0.1, -0.05) is 13.3 Å². The Labute approximate surface area is 110 Å². The molecule has 0 fully saturated rings. The highest BCUT2D eigenvalue weighted by Crippen LogP contribution is 2.27. The van der Waals surface area contributed by atoms with Gasteiger partial charge < -0.3 is 10.8 Å². The number of hydrogen-bond donors (Lipinski definition) is 2. The largest absolute Gasteiger partial charge is 0.391 e. The van der Waals surface area contributed by atoms with Gasteiger partial charge in [0.15, 0.2) is 0 Å². The highest BCUT2D eigenvalue weighted by molar-refractivity contribution is 5.85. The first-order chi connectivity index (χ1) is 7.97. The summed E-state index contributed by atoms with van der Waals surface area (Å²) in [6.45, 7) is 1.87. The molecule has 102 valence electrons. The van der Waals surface area contributed by atoms with E-state index in [1.54, 1.807) is 0 Å².